The normalized spacial score (nSPS) is 11.1. The Kier molecular flexibility index (Phi) is 4.07. The number of rotatable bonds is 4. The Morgan fingerprint density at radius 3 is 2.72 bits per heavy atom. The Morgan fingerprint density at radius 1 is 1.44 bits per heavy atom. The summed E-state index contributed by atoms with van der Waals surface area (Å²) in [7, 11) is 1.60. The summed E-state index contributed by atoms with van der Waals surface area (Å²) in [5, 5.41) is 0.935. The molecule has 4 nitrogen and oxygen atoms in total. The maximum atomic E-state index is 6.01. The second-order valence-electron chi connectivity index (χ2n) is 3.77. The molecule has 0 aliphatic carbocycles. The molecule has 1 aromatic carbocycles. The number of thiocarbonyl (C=S) groups is 1. The lowest BCUT2D eigenvalue weighted by Crippen LogP contribution is -2.18. The van der Waals surface area contributed by atoms with Crippen molar-refractivity contribution >= 4 is 51.4 Å². The van der Waals surface area contributed by atoms with Gasteiger partial charge in [-0.2, -0.15) is 0 Å². The molecule has 2 rings (SSSR count). The Morgan fingerprint density at radius 2 is 2.11 bits per heavy atom. The Bertz CT molecular complexity index is 612. The van der Waals surface area contributed by atoms with Gasteiger partial charge in [-0.15, -0.1) is 0 Å². The van der Waals surface area contributed by atoms with Crippen LogP contribution in [0.4, 0.5) is 0 Å². The second-order valence-corrected chi connectivity index (χ2v) is 5.11. The molecule has 0 fully saturated rings. The van der Waals surface area contributed by atoms with E-state index in [-0.39, 0.29) is 0 Å². The standard InChI is InChI=1S/C11H11Cl2N3OS/c1-17-5-11-15-8-2-6(12)7(13)3-9(8)16(11)4-10(14)18/h2-3H,4-5H2,1H3,(H2,14,18). The van der Waals surface area contributed by atoms with Gasteiger partial charge in [0.25, 0.3) is 0 Å². The summed E-state index contributed by atoms with van der Waals surface area (Å²) in [4.78, 5) is 4.81. The van der Waals surface area contributed by atoms with Crippen LogP contribution in [0.5, 0.6) is 0 Å². The first-order valence-electron chi connectivity index (χ1n) is 5.14. The molecule has 96 valence electrons. The molecule has 0 atom stereocenters. The van der Waals surface area contributed by atoms with E-state index in [0.717, 1.165) is 16.9 Å². The Labute approximate surface area is 120 Å². The average Bonchev–Trinajstić information content (AvgIpc) is 2.58. The summed E-state index contributed by atoms with van der Waals surface area (Å²) in [6, 6.07) is 3.47. The van der Waals surface area contributed by atoms with Crippen molar-refractivity contribution in [1.29, 1.82) is 0 Å². The summed E-state index contributed by atoms with van der Waals surface area (Å²) >= 11 is 16.9. The van der Waals surface area contributed by atoms with E-state index in [1.54, 1.807) is 19.2 Å². The summed E-state index contributed by atoms with van der Waals surface area (Å²) in [5.41, 5.74) is 7.17. The third kappa shape index (κ3) is 2.59. The van der Waals surface area contributed by atoms with Crippen molar-refractivity contribution in [1.82, 2.24) is 9.55 Å². The number of nitrogens with zero attached hydrogens (tertiary/aromatic N) is 2. The fourth-order valence-corrected chi connectivity index (χ4v) is 2.19. The molecule has 18 heavy (non-hydrogen) atoms. The lowest BCUT2D eigenvalue weighted by Gasteiger charge is -2.07. The van der Waals surface area contributed by atoms with E-state index in [4.69, 9.17) is 45.9 Å². The average molecular weight is 304 g/mol. The Balaban J connectivity index is 2.64. The van der Waals surface area contributed by atoms with Gasteiger partial charge in [0.2, 0.25) is 0 Å². The number of ether oxygens (including phenoxy) is 1. The minimum atomic E-state index is 0.368. The molecule has 0 amide bonds. The van der Waals surface area contributed by atoms with Crippen LogP contribution in [0.2, 0.25) is 10.0 Å². The van der Waals surface area contributed by atoms with Crippen LogP contribution in [0.1, 0.15) is 5.82 Å². The minimum absolute atomic E-state index is 0.368. The molecule has 0 radical (unpaired) electrons. The number of halogens is 2. The summed E-state index contributed by atoms with van der Waals surface area (Å²) in [6.07, 6.45) is 0. The van der Waals surface area contributed by atoms with Gasteiger partial charge in [0, 0.05) is 7.11 Å². The molecule has 0 spiro atoms. The van der Waals surface area contributed by atoms with Gasteiger partial charge < -0.3 is 15.0 Å². The van der Waals surface area contributed by atoms with E-state index < -0.39 is 0 Å². The number of hydrogen-bond donors (Lipinski definition) is 1. The van der Waals surface area contributed by atoms with Gasteiger partial charge in [0.1, 0.15) is 12.4 Å². The highest BCUT2D eigenvalue weighted by Crippen LogP contribution is 2.28. The zero-order chi connectivity index (χ0) is 13.3. The van der Waals surface area contributed by atoms with Crippen LogP contribution in [0, 0.1) is 0 Å². The SMILES string of the molecule is COCc1nc2cc(Cl)c(Cl)cc2n1CC(N)=S. The van der Waals surface area contributed by atoms with Gasteiger partial charge in [-0.25, -0.2) is 4.98 Å². The van der Waals surface area contributed by atoms with Gasteiger partial charge in [-0.1, -0.05) is 35.4 Å². The molecule has 0 saturated heterocycles. The van der Waals surface area contributed by atoms with Gasteiger partial charge in [-0.05, 0) is 12.1 Å². The van der Waals surface area contributed by atoms with Crippen molar-refractivity contribution in [3.63, 3.8) is 0 Å². The zero-order valence-corrected chi connectivity index (χ0v) is 11.9. The third-order valence-corrected chi connectivity index (χ3v) is 3.31. The molecular weight excluding hydrogens is 293 g/mol. The van der Waals surface area contributed by atoms with Crippen molar-refractivity contribution in [2.75, 3.05) is 7.11 Å². The van der Waals surface area contributed by atoms with Crippen LogP contribution in [0.3, 0.4) is 0 Å². The quantitative estimate of drug-likeness (QED) is 0.883. The van der Waals surface area contributed by atoms with Gasteiger partial charge in [0.05, 0.1) is 32.6 Å². The van der Waals surface area contributed by atoms with E-state index in [1.165, 1.54) is 0 Å². The number of hydrogen-bond acceptors (Lipinski definition) is 3. The van der Waals surface area contributed by atoms with Crippen LogP contribution >= 0.6 is 35.4 Å². The molecule has 1 aromatic heterocycles. The molecule has 2 aromatic rings. The van der Waals surface area contributed by atoms with E-state index in [2.05, 4.69) is 4.98 Å². The summed E-state index contributed by atoms with van der Waals surface area (Å²) in [5.74, 6) is 0.735. The molecule has 0 unspecified atom stereocenters. The number of benzene rings is 1. The lowest BCUT2D eigenvalue weighted by molar-refractivity contribution is 0.175. The van der Waals surface area contributed by atoms with Crippen molar-refractivity contribution in [2.24, 2.45) is 5.73 Å². The molecular formula is C11H11Cl2N3OS. The first kappa shape index (κ1) is 13.5. The zero-order valence-electron chi connectivity index (χ0n) is 9.61. The molecule has 2 N–H and O–H groups in total. The van der Waals surface area contributed by atoms with Crippen molar-refractivity contribution in [2.45, 2.75) is 13.2 Å². The number of fused-ring (bicyclic) bond motifs is 1. The number of aromatic nitrogens is 2. The fraction of sp³-hybridized carbons (Fsp3) is 0.273. The summed E-state index contributed by atoms with van der Waals surface area (Å²) < 4.78 is 6.99. The van der Waals surface area contributed by atoms with Gasteiger partial charge in [-0.3, -0.25) is 0 Å². The van der Waals surface area contributed by atoms with Crippen LogP contribution in [-0.2, 0) is 17.9 Å². The van der Waals surface area contributed by atoms with Gasteiger partial charge >= 0.3 is 0 Å². The van der Waals surface area contributed by atoms with Crippen molar-refractivity contribution < 1.29 is 4.74 Å². The van der Waals surface area contributed by atoms with Crippen molar-refractivity contribution in [3.05, 3.63) is 28.0 Å². The van der Waals surface area contributed by atoms with Crippen LogP contribution in [-0.4, -0.2) is 21.6 Å². The van der Waals surface area contributed by atoms with Crippen molar-refractivity contribution in [3.8, 4) is 0 Å². The Hall–Kier alpha value is -0.880. The molecule has 0 bridgehead atoms. The molecule has 0 aliphatic rings. The van der Waals surface area contributed by atoms with E-state index in [0.29, 0.717) is 28.2 Å². The van der Waals surface area contributed by atoms with Crippen LogP contribution in [0.15, 0.2) is 12.1 Å². The second kappa shape index (κ2) is 5.40. The van der Waals surface area contributed by atoms with Crippen LogP contribution in [0.25, 0.3) is 11.0 Å². The van der Waals surface area contributed by atoms with Crippen LogP contribution < -0.4 is 5.73 Å². The molecule has 7 heteroatoms. The molecule has 0 saturated carbocycles. The predicted octanol–water partition coefficient (Wildman–Crippen LogP) is 2.78. The maximum Gasteiger partial charge on any atom is 0.136 e. The van der Waals surface area contributed by atoms with E-state index in [9.17, 15) is 0 Å². The lowest BCUT2D eigenvalue weighted by atomic mass is 10.3. The minimum Gasteiger partial charge on any atom is -0.392 e. The summed E-state index contributed by atoms with van der Waals surface area (Å²) in [6.45, 7) is 0.759. The first-order valence-corrected chi connectivity index (χ1v) is 6.30. The fourth-order valence-electron chi connectivity index (χ4n) is 1.74. The predicted molar refractivity (Wildman–Crippen MR) is 77.3 cm³/mol. The highest BCUT2D eigenvalue weighted by Gasteiger charge is 2.13. The molecule has 1 heterocycles. The van der Waals surface area contributed by atoms with E-state index in [1.807, 2.05) is 4.57 Å². The smallest absolute Gasteiger partial charge is 0.136 e. The highest BCUT2D eigenvalue weighted by molar-refractivity contribution is 7.80. The van der Waals surface area contributed by atoms with Gasteiger partial charge in [0.15, 0.2) is 0 Å². The number of methoxy groups -OCH3 is 1. The number of imidazole rings is 1. The van der Waals surface area contributed by atoms with E-state index >= 15 is 0 Å². The maximum absolute atomic E-state index is 6.01. The monoisotopic (exact) mass is 303 g/mol. The number of nitrogens with two attached hydrogens (primary N) is 1. The highest BCUT2D eigenvalue weighted by atomic mass is 35.5. The largest absolute Gasteiger partial charge is 0.392 e. The topological polar surface area (TPSA) is 53.1 Å². The molecule has 0 aliphatic heterocycles. The third-order valence-electron chi connectivity index (χ3n) is 2.46. The first-order chi connectivity index (χ1) is 8.52.